The second-order valence-corrected chi connectivity index (χ2v) is 4.34. The molecule has 1 heterocycles. The van der Waals surface area contributed by atoms with E-state index in [9.17, 15) is 4.79 Å². The van der Waals surface area contributed by atoms with Gasteiger partial charge in [-0.05, 0) is 38.9 Å². The molecule has 0 atom stereocenters. The number of hydrogen-bond acceptors (Lipinski definition) is 3. The molecule has 0 aromatic rings. The zero-order valence-corrected chi connectivity index (χ0v) is 9.52. The van der Waals surface area contributed by atoms with Gasteiger partial charge in [-0.2, -0.15) is 0 Å². The van der Waals surface area contributed by atoms with E-state index in [2.05, 4.69) is 11.9 Å². The lowest BCUT2D eigenvalue weighted by atomic mass is 9.97. The summed E-state index contributed by atoms with van der Waals surface area (Å²) in [6.07, 6.45) is 5.25. The second-order valence-electron chi connectivity index (χ2n) is 4.34. The maximum absolute atomic E-state index is 10.3. The van der Waals surface area contributed by atoms with Gasteiger partial charge in [-0.1, -0.05) is 0 Å². The quantitative estimate of drug-likeness (QED) is 0.702. The summed E-state index contributed by atoms with van der Waals surface area (Å²) in [4.78, 5) is 14.6. The predicted octanol–water partition coefficient (Wildman–Crippen LogP) is 0.858. The maximum Gasteiger partial charge on any atom is 0.329 e. The predicted molar refractivity (Wildman–Crippen MR) is 59.6 cm³/mol. The number of carboxylic acid groups (broad SMARTS) is 1. The minimum absolute atomic E-state index is 0.699. The molecule has 4 nitrogen and oxygen atoms in total. The van der Waals surface area contributed by atoms with Crippen LogP contribution in [0.25, 0.3) is 0 Å². The Kier molecular flexibility index (Phi) is 4.62. The first kappa shape index (κ1) is 12.0. The second kappa shape index (κ2) is 5.75. The highest BCUT2D eigenvalue weighted by atomic mass is 16.4. The molecule has 0 aliphatic carbocycles. The SMILES string of the molecule is CN(C=CC(=O)O)CC1CCN(C)CC1. The van der Waals surface area contributed by atoms with Gasteiger partial charge in [0.05, 0.1) is 0 Å². The van der Waals surface area contributed by atoms with Gasteiger partial charge in [0.15, 0.2) is 0 Å². The van der Waals surface area contributed by atoms with Crippen LogP contribution in [0.4, 0.5) is 0 Å². The minimum Gasteiger partial charge on any atom is -0.478 e. The highest BCUT2D eigenvalue weighted by Gasteiger charge is 2.16. The van der Waals surface area contributed by atoms with Gasteiger partial charge in [0.1, 0.15) is 0 Å². The third-order valence-corrected chi connectivity index (χ3v) is 2.86. The summed E-state index contributed by atoms with van der Waals surface area (Å²) in [7, 11) is 4.07. The van der Waals surface area contributed by atoms with Gasteiger partial charge in [-0.25, -0.2) is 4.79 Å². The zero-order chi connectivity index (χ0) is 11.3. The first-order valence-corrected chi connectivity index (χ1v) is 5.38. The molecule has 0 unspecified atom stereocenters. The summed E-state index contributed by atoms with van der Waals surface area (Å²) >= 11 is 0. The van der Waals surface area contributed by atoms with Gasteiger partial charge < -0.3 is 14.9 Å². The lowest BCUT2D eigenvalue weighted by Gasteiger charge is -2.31. The number of nitrogens with zero attached hydrogens (tertiary/aromatic N) is 2. The van der Waals surface area contributed by atoms with Crippen LogP contribution in [0.1, 0.15) is 12.8 Å². The average Bonchev–Trinajstić information content (AvgIpc) is 2.19. The third kappa shape index (κ3) is 4.83. The summed E-state index contributed by atoms with van der Waals surface area (Å²) in [6, 6.07) is 0. The van der Waals surface area contributed by atoms with Crippen LogP contribution in [0.2, 0.25) is 0 Å². The monoisotopic (exact) mass is 212 g/mol. The third-order valence-electron chi connectivity index (χ3n) is 2.86. The van der Waals surface area contributed by atoms with Crippen molar-refractivity contribution in [3.63, 3.8) is 0 Å². The van der Waals surface area contributed by atoms with E-state index in [1.165, 1.54) is 18.9 Å². The van der Waals surface area contributed by atoms with E-state index in [4.69, 9.17) is 5.11 Å². The molecule has 86 valence electrons. The van der Waals surface area contributed by atoms with Crippen LogP contribution in [0.5, 0.6) is 0 Å². The molecule has 0 saturated carbocycles. The van der Waals surface area contributed by atoms with Crippen molar-refractivity contribution in [3.05, 3.63) is 12.3 Å². The van der Waals surface area contributed by atoms with Gasteiger partial charge in [-0.15, -0.1) is 0 Å². The number of carboxylic acids is 1. The molecule has 1 aliphatic heterocycles. The normalized spacial score (nSPS) is 19.6. The topological polar surface area (TPSA) is 43.8 Å². The van der Waals surface area contributed by atoms with E-state index in [1.54, 1.807) is 6.20 Å². The van der Waals surface area contributed by atoms with Crippen LogP contribution in [0, 0.1) is 5.92 Å². The van der Waals surface area contributed by atoms with E-state index in [0.717, 1.165) is 19.6 Å². The fourth-order valence-electron chi connectivity index (χ4n) is 1.90. The van der Waals surface area contributed by atoms with E-state index < -0.39 is 5.97 Å². The number of piperidine rings is 1. The van der Waals surface area contributed by atoms with E-state index >= 15 is 0 Å². The molecule has 1 saturated heterocycles. The molecule has 0 spiro atoms. The molecular weight excluding hydrogens is 192 g/mol. The molecule has 0 radical (unpaired) electrons. The first-order chi connectivity index (χ1) is 7.08. The molecule has 1 N–H and O–H groups in total. The minimum atomic E-state index is -0.884. The van der Waals surface area contributed by atoms with Gasteiger partial charge in [-0.3, -0.25) is 0 Å². The fraction of sp³-hybridized carbons (Fsp3) is 0.727. The van der Waals surface area contributed by atoms with Crippen LogP contribution in [0.3, 0.4) is 0 Å². The Morgan fingerprint density at radius 3 is 2.67 bits per heavy atom. The molecule has 0 amide bonds. The number of carbonyl (C=O) groups is 1. The van der Waals surface area contributed by atoms with Crippen molar-refractivity contribution < 1.29 is 9.90 Å². The van der Waals surface area contributed by atoms with Crippen molar-refractivity contribution in [1.82, 2.24) is 9.80 Å². The van der Waals surface area contributed by atoms with Crippen LogP contribution in [0.15, 0.2) is 12.3 Å². The largest absolute Gasteiger partial charge is 0.478 e. The fourth-order valence-corrected chi connectivity index (χ4v) is 1.90. The molecule has 1 rings (SSSR count). The van der Waals surface area contributed by atoms with Crippen molar-refractivity contribution in [2.75, 3.05) is 33.7 Å². The number of hydrogen-bond donors (Lipinski definition) is 1. The average molecular weight is 212 g/mol. The summed E-state index contributed by atoms with van der Waals surface area (Å²) in [6.45, 7) is 3.26. The van der Waals surface area contributed by atoms with Crippen LogP contribution >= 0.6 is 0 Å². The maximum atomic E-state index is 10.3. The van der Waals surface area contributed by atoms with Crippen molar-refractivity contribution >= 4 is 5.97 Å². The Labute approximate surface area is 91.2 Å². The summed E-state index contributed by atoms with van der Waals surface area (Å²) in [5, 5.41) is 8.48. The highest BCUT2D eigenvalue weighted by molar-refractivity contribution is 5.79. The Morgan fingerprint density at radius 1 is 1.53 bits per heavy atom. The Hall–Kier alpha value is -1.03. The van der Waals surface area contributed by atoms with Gasteiger partial charge in [0.25, 0.3) is 0 Å². The standard InChI is InChI=1S/C11H20N2O2/c1-12-6-3-10(4-7-12)9-13(2)8-5-11(14)15/h5,8,10H,3-4,6-7,9H2,1-2H3,(H,14,15). The Morgan fingerprint density at radius 2 is 2.13 bits per heavy atom. The van der Waals surface area contributed by atoms with Gasteiger partial charge >= 0.3 is 5.97 Å². The molecule has 1 fully saturated rings. The van der Waals surface area contributed by atoms with E-state index in [0.29, 0.717) is 5.92 Å². The lowest BCUT2D eigenvalue weighted by molar-refractivity contribution is -0.131. The molecule has 0 aromatic heterocycles. The molecule has 0 bridgehead atoms. The molecule has 4 heteroatoms. The van der Waals surface area contributed by atoms with Crippen molar-refractivity contribution in [2.24, 2.45) is 5.92 Å². The summed E-state index contributed by atoms with van der Waals surface area (Å²) in [5.74, 6) is -0.185. The van der Waals surface area contributed by atoms with Crippen LogP contribution < -0.4 is 0 Å². The van der Waals surface area contributed by atoms with Crippen LogP contribution in [-0.2, 0) is 4.79 Å². The Bertz CT molecular complexity index is 233. The van der Waals surface area contributed by atoms with Crippen molar-refractivity contribution in [1.29, 1.82) is 0 Å². The summed E-state index contributed by atoms with van der Waals surface area (Å²) in [5.41, 5.74) is 0. The van der Waals surface area contributed by atoms with Gasteiger partial charge in [0, 0.05) is 25.9 Å². The molecule has 15 heavy (non-hydrogen) atoms. The molecule has 0 aromatic carbocycles. The first-order valence-electron chi connectivity index (χ1n) is 5.38. The number of aliphatic carboxylic acids is 1. The van der Waals surface area contributed by atoms with E-state index in [1.807, 2.05) is 11.9 Å². The number of likely N-dealkylation sites (tertiary alicyclic amines) is 1. The highest BCUT2D eigenvalue weighted by Crippen LogP contribution is 2.16. The van der Waals surface area contributed by atoms with Crippen molar-refractivity contribution in [2.45, 2.75) is 12.8 Å². The lowest BCUT2D eigenvalue weighted by Crippen LogP contribution is -2.34. The Balaban J connectivity index is 2.26. The van der Waals surface area contributed by atoms with Crippen molar-refractivity contribution in [3.8, 4) is 0 Å². The zero-order valence-electron chi connectivity index (χ0n) is 9.52. The van der Waals surface area contributed by atoms with Gasteiger partial charge in [0.2, 0.25) is 0 Å². The van der Waals surface area contributed by atoms with E-state index in [-0.39, 0.29) is 0 Å². The smallest absolute Gasteiger partial charge is 0.329 e. The molecular formula is C11H20N2O2. The van der Waals surface area contributed by atoms with Crippen LogP contribution in [-0.4, -0.2) is 54.6 Å². The summed E-state index contributed by atoms with van der Waals surface area (Å²) < 4.78 is 0. The number of rotatable bonds is 4. The molecule has 1 aliphatic rings.